The summed E-state index contributed by atoms with van der Waals surface area (Å²) in [7, 11) is 0. The largest absolute Gasteiger partial charge is 0.384 e. The number of carbonyl (C=O) groups is 2. The van der Waals surface area contributed by atoms with Gasteiger partial charge < -0.3 is 11.1 Å². The van der Waals surface area contributed by atoms with Gasteiger partial charge in [0.25, 0.3) is 0 Å². The van der Waals surface area contributed by atoms with Crippen LogP contribution in [-0.4, -0.2) is 27.9 Å². The van der Waals surface area contributed by atoms with Crippen molar-refractivity contribution in [2.45, 2.75) is 32.4 Å². The lowest BCUT2D eigenvalue weighted by Gasteiger charge is -2.44. The Balaban J connectivity index is 1.44. The fourth-order valence-corrected chi connectivity index (χ4v) is 4.06. The maximum atomic E-state index is 12.8. The minimum atomic E-state index is -0.353. The van der Waals surface area contributed by atoms with Crippen LogP contribution in [-0.2, 0) is 11.2 Å². The number of carbonyl (C=O) groups excluding carboxylic acids is 2. The number of nitrogens with two attached hydrogens (primary N) is 1. The molecular formula is C23H24N4O2. The van der Waals surface area contributed by atoms with Crippen LogP contribution in [0.3, 0.4) is 0 Å². The number of anilines is 1. The maximum absolute atomic E-state index is 12.8. The third kappa shape index (κ3) is 3.53. The Morgan fingerprint density at radius 2 is 1.97 bits per heavy atom. The molecule has 0 saturated carbocycles. The van der Waals surface area contributed by atoms with Crippen LogP contribution in [0.4, 0.5) is 10.6 Å². The molecule has 0 bridgehead atoms. The van der Waals surface area contributed by atoms with Crippen LogP contribution < -0.4 is 11.1 Å². The fraction of sp³-hybridized carbons (Fsp3) is 0.261. The van der Waals surface area contributed by atoms with Crippen molar-refractivity contribution < 1.29 is 9.59 Å². The minimum absolute atomic E-state index is 0.157. The number of imide groups is 1. The van der Waals surface area contributed by atoms with Gasteiger partial charge in [-0.05, 0) is 54.3 Å². The van der Waals surface area contributed by atoms with Gasteiger partial charge in [-0.25, -0.2) is 9.78 Å². The average molecular weight is 388 g/mol. The third-order valence-electron chi connectivity index (χ3n) is 5.69. The van der Waals surface area contributed by atoms with Crippen molar-refractivity contribution >= 4 is 28.5 Å². The number of β-lactam (4-membered cyclic amide) rings is 1. The van der Waals surface area contributed by atoms with E-state index >= 15 is 0 Å². The summed E-state index contributed by atoms with van der Waals surface area (Å²) in [5.41, 5.74) is 7.70. The quantitative estimate of drug-likeness (QED) is 0.668. The highest BCUT2D eigenvalue weighted by Gasteiger charge is 2.47. The topological polar surface area (TPSA) is 88.3 Å². The van der Waals surface area contributed by atoms with Crippen molar-refractivity contribution in [3.05, 3.63) is 71.9 Å². The number of likely N-dealkylation sites (tertiary alicyclic amines) is 1. The Hall–Kier alpha value is -3.41. The lowest BCUT2D eigenvalue weighted by molar-refractivity contribution is -0.148. The zero-order valence-corrected chi connectivity index (χ0v) is 16.5. The first-order valence-electron chi connectivity index (χ1n) is 9.77. The van der Waals surface area contributed by atoms with E-state index in [1.807, 2.05) is 62.4 Å². The van der Waals surface area contributed by atoms with Gasteiger partial charge in [0.2, 0.25) is 5.91 Å². The monoisotopic (exact) mass is 388 g/mol. The molecule has 6 nitrogen and oxygen atoms in total. The average Bonchev–Trinajstić information content (AvgIpc) is 2.71. The first kappa shape index (κ1) is 18.9. The third-order valence-corrected chi connectivity index (χ3v) is 5.69. The second-order valence-electron chi connectivity index (χ2n) is 7.59. The van der Waals surface area contributed by atoms with Crippen molar-refractivity contribution in [3.63, 3.8) is 0 Å². The first-order chi connectivity index (χ1) is 14.0. The highest BCUT2D eigenvalue weighted by Crippen LogP contribution is 2.31. The highest BCUT2D eigenvalue weighted by atomic mass is 16.2. The number of nitrogen functional groups attached to an aromatic ring is 1. The van der Waals surface area contributed by atoms with E-state index in [1.165, 1.54) is 4.90 Å². The molecule has 1 aromatic heterocycles. The molecule has 0 spiro atoms. The van der Waals surface area contributed by atoms with Gasteiger partial charge >= 0.3 is 6.03 Å². The molecule has 4 rings (SSSR count). The molecular weight excluding hydrogens is 364 g/mol. The number of aromatic nitrogens is 1. The van der Waals surface area contributed by atoms with Gasteiger partial charge in [0.05, 0.1) is 18.0 Å². The van der Waals surface area contributed by atoms with E-state index < -0.39 is 0 Å². The Kier molecular flexibility index (Phi) is 4.92. The zero-order valence-electron chi connectivity index (χ0n) is 16.5. The second-order valence-corrected chi connectivity index (χ2v) is 7.59. The fourth-order valence-electron chi connectivity index (χ4n) is 4.06. The summed E-state index contributed by atoms with van der Waals surface area (Å²) in [4.78, 5) is 30.7. The molecule has 29 heavy (non-hydrogen) atoms. The number of amides is 3. The van der Waals surface area contributed by atoms with Crippen LogP contribution in [0.25, 0.3) is 10.8 Å². The van der Waals surface area contributed by atoms with E-state index in [2.05, 4.69) is 10.3 Å². The molecule has 0 radical (unpaired) electrons. The molecule has 3 amide bonds. The minimum Gasteiger partial charge on any atom is -0.384 e. The summed E-state index contributed by atoms with van der Waals surface area (Å²) in [6, 6.07) is 17.0. The van der Waals surface area contributed by atoms with Gasteiger partial charge in [0, 0.05) is 6.20 Å². The lowest BCUT2D eigenvalue weighted by atomic mass is 9.84. The number of pyridine rings is 1. The molecule has 1 fully saturated rings. The van der Waals surface area contributed by atoms with Crippen molar-refractivity contribution in [2.75, 3.05) is 5.73 Å². The molecule has 1 saturated heterocycles. The summed E-state index contributed by atoms with van der Waals surface area (Å²) < 4.78 is 0. The number of nitrogens with one attached hydrogen (secondary N) is 1. The number of rotatable bonds is 4. The summed E-state index contributed by atoms with van der Waals surface area (Å²) in [5.74, 6) is 0.0475. The van der Waals surface area contributed by atoms with Gasteiger partial charge in [0.15, 0.2) is 0 Å². The van der Waals surface area contributed by atoms with E-state index in [1.54, 1.807) is 12.3 Å². The van der Waals surface area contributed by atoms with Crippen molar-refractivity contribution in [3.8, 4) is 0 Å². The van der Waals surface area contributed by atoms with Crippen molar-refractivity contribution in [2.24, 2.45) is 5.92 Å². The summed E-state index contributed by atoms with van der Waals surface area (Å²) >= 11 is 0. The predicted octanol–water partition coefficient (Wildman–Crippen LogP) is 3.68. The number of fused-ring (bicyclic) bond motifs is 1. The van der Waals surface area contributed by atoms with E-state index in [0.717, 1.165) is 21.9 Å². The molecule has 0 unspecified atom stereocenters. The molecule has 3 atom stereocenters. The van der Waals surface area contributed by atoms with Crippen LogP contribution in [0, 0.1) is 5.92 Å². The standard InChI is InChI=1S/C23H24N4O2/c1-14(18-9-5-7-17-6-3-4-8-19(17)18)26-23(29)27-15(2)20(22(27)28)12-16-10-11-25-21(24)13-16/h3-11,13-15,20H,12H2,1-2H3,(H2,24,25)(H,26,29)/t14-,15+,20-/m1/s1. The predicted molar refractivity (Wildman–Crippen MR) is 113 cm³/mol. The van der Waals surface area contributed by atoms with Crippen LogP contribution in [0.5, 0.6) is 0 Å². The summed E-state index contributed by atoms with van der Waals surface area (Å²) in [5, 5.41) is 5.20. The summed E-state index contributed by atoms with van der Waals surface area (Å²) in [6.45, 7) is 3.84. The van der Waals surface area contributed by atoms with Gasteiger partial charge in [-0.15, -0.1) is 0 Å². The van der Waals surface area contributed by atoms with Crippen LogP contribution in [0.15, 0.2) is 60.8 Å². The number of urea groups is 1. The number of hydrogen-bond donors (Lipinski definition) is 2. The normalized spacial score (nSPS) is 19.7. The molecule has 3 N–H and O–H groups in total. The van der Waals surface area contributed by atoms with Crippen molar-refractivity contribution in [1.29, 1.82) is 0 Å². The Morgan fingerprint density at radius 3 is 2.72 bits per heavy atom. The summed E-state index contributed by atoms with van der Waals surface area (Å²) in [6.07, 6.45) is 2.18. The number of nitrogens with zero attached hydrogens (tertiary/aromatic N) is 2. The maximum Gasteiger partial charge on any atom is 0.324 e. The molecule has 0 aliphatic carbocycles. The van der Waals surface area contributed by atoms with Gasteiger partial charge in [-0.3, -0.25) is 9.69 Å². The van der Waals surface area contributed by atoms with E-state index in [9.17, 15) is 9.59 Å². The number of benzene rings is 2. The smallest absolute Gasteiger partial charge is 0.324 e. The molecule has 6 heteroatoms. The Labute approximate surface area is 169 Å². The molecule has 2 heterocycles. The molecule has 1 aliphatic rings. The molecule has 1 aliphatic heterocycles. The van der Waals surface area contributed by atoms with Gasteiger partial charge in [0.1, 0.15) is 5.82 Å². The van der Waals surface area contributed by atoms with Crippen LogP contribution in [0.2, 0.25) is 0 Å². The second kappa shape index (κ2) is 7.54. The van der Waals surface area contributed by atoms with E-state index in [0.29, 0.717) is 12.2 Å². The Bertz CT molecular complexity index is 1080. The van der Waals surface area contributed by atoms with E-state index in [-0.39, 0.29) is 29.9 Å². The molecule has 148 valence electrons. The highest BCUT2D eigenvalue weighted by molar-refractivity contribution is 6.01. The van der Waals surface area contributed by atoms with Crippen LogP contribution >= 0.6 is 0 Å². The number of hydrogen-bond acceptors (Lipinski definition) is 4. The molecule has 2 aromatic carbocycles. The van der Waals surface area contributed by atoms with Crippen LogP contribution in [0.1, 0.15) is 31.0 Å². The zero-order chi connectivity index (χ0) is 20.5. The van der Waals surface area contributed by atoms with Gasteiger partial charge in [-0.2, -0.15) is 0 Å². The Morgan fingerprint density at radius 1 is 1.21 bits per heavy atom. The lowest BCUT2D eigenvalue weighted by Crippen LogP contribution is -2.64. The van der Waals surface area contributed by atoms with Crippen molar-refractivity contribution in [1.82, 2.24) is 15.2 Å². The van der Waals surface area contributed by atoms with E-state index in [4.69, 9.17) is 5.73 Å². The van der Waals surface area contributed by atoms with Gasteiger partial charge in [-0.1, -0.05) is 42.5 Å². The SMILES string of the molecule is C[C@@H](NC(=O)N1C(=O)[C@H](Cc2ccnc(N)c2)[C@@H]1C)c1cccc2ccccc12. The molecule has 3 aromatic rings. The first-order valence-corrected chi connectivity index (χ1v) is 9.77.